The van der Waals surface area contributed by atoms with Crippen molar-refractivity contribution in [2.24, 2.45) is 11.7 Å². The van der Waals surface area contributed by atoms with Gasteiger partial charge < -0.3 is 47.4 Å². The van der Waals surface area contributed by atoms with Crippen molar-refractivity contribution in [2.75, 3.05) is 18.6 Å². The molecule has 0 bridgehead atoms. The fourth-order valence-corrected chi connectivity index (χ4v) is 4.41. The average molecular weight is 746 g/mol. The molecule has 290 valence electrons. The van der Waals surface area contributed by atoms with Gasteiger partial charge in [0.15, 0.2) is 0 Å². The second-order valence-corrected chi connectivity index (χ2v) is 12.3. The van der Waals surface area contributed by atoms with Gasteiger partial charge in [-0.1, -0.05) is 44.2 Å². The Labute approximate surface area is 302 Å². The highest BCUT2D eigenvalue weighted by atomic mass is 32.2. The molecule has 0 aliphatic heterocycles. The highest BCUT2D eigenvalue weighted by Gasteiger charge is 2.31. The summed E-state index contributed by atoms with van der Waals surface area (Å²) in [6, 6.07) is 5.06. The van der Waals surface area contributed by atoms with E-state index in [1.807, 2.05) is 26.2 Å². The molecule has 0 aliphatic carbocycles. The predicted octanol–water partition coefficient (Wildman–Crippen LogP) is 1.08. The zero-order valence-electron chi connectivity index (χ0n) is 30.0. The number of hydrogen-bond acceptors (Lipinski definition) is 10. The Morgan fingerprint density at radius 3 is 1.61 bits per heavy atom. The van der Waals surface area contributed by atoms with Gasteiger partial charge in [0.25, 0.3) is 17.9 Å². The van der Waals surface area contributed by atoms with Gasteiger partial charge in [-0.2, -0.15) is 11.8 Å². The second kappa shape index (κ2) is 31.3. The van der Waals surface area contributed by atoms with Gasteiger partial charge in [-0.25, -0.2) is 4.79 Å². The first-order valence-electron chi connectivity index (χ1n) is 16.0. The number of carbonyl (C=O) groups is 8. The fourth-order valence-electron chi connectivity index (χ4n) is 3.94. The van der Waals surface area contributed by atoms with Crippen LogP contribution in [-0.4, -0.2) is 111 Å². The smallest absolute Gasteiger partial charge is 0.326 e. The van der Waals surface area contributed by atoms with E-state index in [-0.39, 0.29) is 18.8 Å². The van der Waals surface area contributed by atoms with Gasteiger partial charge in [0, 0.05) is 27.2 Å². The molecule has 17 nitrogen and oxygen atoms in total. The monoisotopic (exact) mass is 745 g/mol. The largest absolute Gasteiger partial charge is 0.481 e. The Kier molecular flexibility index (Phi) is 31.1. The van der Waals surface area contributed by atoms with Crippen LogP contribution >= 0.6 is 11.8 Å². The van der Waals surface area contributed by atoms with Crippen molar-refractivity contribution in [2.45, 2.75) is 97.3 Å². The van der Waals surface area contributed by atoms with Gasteiger partial charge in [0.05, 0.1) is 0 Å². The maximum Gasteiger partial charge on any atom is 0.326 e. The molecule has 18 heteroatoms. The zero-order valence-corrected chi connectivity index (χ0v) is 30.9. The van der Waals surface area contributed by atoms with E-state index in [1.54, 1.807) is 24.3 Å². The number of amides is 4. The minimum Gasteiger partial charge on any atom is -0.481 e. The van der Waals surface area contributed by atoms with Crippen molar-refractivity contribution in [3.63, 3.8) is 0 Å². The SMILES string of the molecule is CC(=O)O.CC(=O)O.CC(=O)O.CSCC[C@H](NC=O)C(=O)N[C@@H](CC(C)C)C(=O)N[C@@H](Cc1ccccc1)C(=O)N[C@@H](CCCCN)C(=O)O. The standard InChI is InChI=1S/C27H43N5O6S.3C2H4O2/c1-18(2)15-22(31-24(34)20(29-17-33)12-14-39-3)25(35)32-23(16-19-9-5-4-6-10-19)26(36)30-21(27(37)38)11-7-8-13-28;3*1-2(3)4/h4-6,9-10,17-18,20-23H,7-8,11-16,28H2,1-3H3,(H,29,33)(H,30,36)(H,31,34)(H,32,35)(H,37,38);3*1H3,(H,3,4)/t20-,21-,22-,23-;;;/m0.../s1. The molecule has 4 atom stereocenters. The number of hydrogen-bond donors (Lipinski definition) is 9. The highest BCUT2D eigenvalue weighted by molar-refractivity contribution is 7.98. The first kappa shape index (κ1) is 50.7. The number of carboxylic acids is 4. The van der Waals surface area contributed by atoms with Crippen LogP contribution in [0.25, 0.3) is 0 Å². The number of carboxylic acid groups (broad SMARTS) is 4. The second-order valence-electron chi connectivity index (χ2n) is 11.3. The fraction of sp³-hybridized carbons (Fsp3) is 0.576. The van der Waals surface area contributed by atoms with Crippen LogP contribution in [0.4, 0.5) is 0 Å². The van der Waals surface area contributed by atoms with E-state index >= 15 is 0 Å². The molecule has 0 saturated carbocycles. The molecule has 51 heavy (non-hydrogen) atoms. The number of nitrogens with two attached hydrogens (primary N) is 1. The molecule has 10 N–H and O–H groups in total. The molecular weight excluding hydrogens is 690 g/mol. The Bertz CT molecular complexity index is 1160. The van der Waals surface area contributed by atoms with Crippen LogP contribution in [0.3, 0.4) is 0 Å². The summed E-state index contributed by atoms with van der Waals surface area (Å²) in [4.78, 5) is 89.4. The third-order valence-corrected chi connectivity index (χ3v) is 6.66. The molecule has 0 aliphatic rings. The highest BCUT2D eigenvalue weighted by Crippen LogP contribution is 2.10. The maximum atomic E-state index is 13.4. The van der Waals surface area contributed by atoms with Crippen LogP contribution in [0, 0.1) is 5.92 Å². The molecule has 0 unspecified atom stereocenters. The number of unbranched alkanes of at least 4 members (excludes halogenated alkanes) is 1. The average Bonchev–Trinajstić information content (AvgIpc) is 3.01. The van der Waals surface area contributed by atoms with Crippen molar-refractivity contribution >= 4 is 59.8 Å². The van der Waals surface area contributed by atoms with Crippen LogP contribution in [0.2, 0.25) is 0 Å². The maximum absolute atomic E-state index is 13.4. The molecule has 0 fully saturated rings. The summed E-state index contributed by atoms with van der Waals surface area (Å²) in [6.07, 6.45) is 4.50. The molecule has 0 aromatic heterocycles. The summed E-state index contributed by atoms with van der Waals surface area (Å²) in [5.41, 5.74) is 6.27. The molecule has 0 radical (unpaired) electrons. The normalized spacial score (nSPS) is 12.2. The van der Waals surface area contributed by atoms with E-state index in [2.05, 4.69) is 21.3 Å². The van der Waals surface area contributed by atoms with Crippen LogP contribution in [0.5, 0.6) is 0 Å². The number of aliphatic carboxylic acids is 4. The number of thioether (sulfide) groups is 1. The van der Waals surface area contributed by atoms with Crippen molar-refractivity contribution in [3.8, 4) is 0 Å². The van der Waals surface area contributed by atoms with E-state index in [0.717, 1.165) is 26.3 Å². The molecule has 0 spiro atoms. The summed E-state index contributed by atoms with van der Waals surface area (Å²) >= 11 is 1.53. The summed E-state index contributed by atoms with van der Waals surface area (Å²) < 4.78 is 0. The lowest BCUT2D eigenvalue weighted by Crippen LogP contribution is -2.58. The van der Waals surface area contributed by atoms with Crippen molar-refractivity contribution in [3.05, 3.63) is 35.9 Å². The summed E-state index contributed by atoms with van der Waals surface area (Å²) in [5, 5.41) is 42.4. The lowest BCUT2D eigenvalue weighted by molar-refractivity contribution is -0.142. The predicted molar refractivity (Wildman–Crippen MR) is 192 cm³/mol. The minimum absolute atomic E-state index is 0.0325. The van der Waals surface area contributed by atoms with Crippen LogP contribution in [-0.2, 0) is 44.8 Å². The van der Waals surface area contributed by atoms with E-state index in [9.17, 15) is 29.1 Å². The van der Waals surface area contributed by atoms with E-state index < -0.39 is 65.8 Å². The molecule has 0 heterocycles. The van der Waals surface area contributed by atoms with Gasteiger partial charge in [0.1, 0.15) is 24.2 Å². The molecule has 1 aromatic carbocycles. The van der Waals surface area contributed by atoms with E-state index in [4.69, 9.17) is 35.4 Å². The quantitative estimate of drug-likeness (QED) is 0.0667. The first-order chi connectivity index (χ1) is 23.8. The molecule has 0 saturated heterocycles. The van der Waals surface area contributed by atoms with Gasteiger partial charge in [0.2, 0.25) is 24.1 Å². The summed E-state index contributed by atoms with van der Waals surface area (Å²) in [6.45, 7) is 7.46. The lowest BCUT2D eigenvalue weighted by Gasteiger charge is -2.26. The van der Waals surface area contributed by atoms with E-state index in [1.165, 1.54) is 11.8 Å². The number of rotatable bonds is 20. The lowest BCUT2D eigenvalue weighted by atomic mass is 10.00. The molecule has 4 amide bonds. The van der Waals surface area contributed by atoms with Gasteiger partial charge in [-0.05, 0) is 62.1 Å². The topological polar surface area (TPSA) is 292 Å². The Morgan fingerprint density at radius 1 is 0.725 bits per heavy atom. The third-order valence-electron chi connectivity index (χ3n) is 6.01. The van der Waals surface area contributed by atoms with Crippen molar-refractivity contribution in [1.29, 1.82) is 0 Å². The Balaban J connectivity index is -0.00000165. The van der Waals surface area contributed by atoms with Crippen LogP contribution in [0.15, 0.2) is 30.3 Å². The van der Waals surface area contributed by atoms with Crippen molar-refractivity contribution < 1.29 is 58.8 Å². The molecular formula is C33H55N5O12S. The minimum atomic E-state index is -1.17. The number of carbonyl (C=O) groups excluding carboxylic acids is 4. The third kappa shape index (κ3) is 32.3. The van der Waals surface area contributed by atoms with Crippen LogP contribution in [0.1, 0.15) is 72.3 Å². The van der Waals surface area contributed by atoms with Gasteiger partial charge >= 0.3 is 5.97 Å². The molecule has 1 rings (SSSR count). The number of benzene rings is 1. The first-order valence-corrected chi connectivity index (χ1v) is 17.4. The van der Waals surface area contributed by atoms with Gasteiger partial charge in [-0.15, -0.1) is 0 Å². The number of nitrogens with one attached hydrogen (secondary N) is 4. The van der Waals surface area contributed by atoms with E-state index in [0.29, 0.717) is 44.4 Å². The van der Waals surface area contributed by atoms with Gasteiger partial charge in [-0.3, -0.25) is 33.6 Å². The summed E-state index contributed by atoms with van der Waals surface area (Å²) in [7, 11) is 0. The Hall–Kier alpha value is -4.71. The van der Waals surface area contributed by atoms with Crippen molar-refractivity contribution in [1.82, 2.24) is 21.3 Å². The van der Waals surface area contributed by atoms with Crippen LogP contribution < -0.4 is 27.0 Å². The zero-order chi connectivity index (χ0) is 39.9. The Morgan fingerprint density at radius 2 is 1.18 bits per heavy atom. The molecule has 1 aromatic rings. The summed E-state index contributed by atoms with van der Waals surface area (Å²) in [5.74, 6) is -4.71.